The maximum atomic E-state index is 13.3. The average Bonchev–Trinajstić information content (AvgIpc) is 2.67. The van der Waals surface area contributed by atoms with E-state index >= 15 is 0 Å². The Morgan fingerprint density at radius 2 is 2.14 bits per heavy atom. The van der Waals surface area contributed by atoms with Crippen LogP contribution in [0.15, 0.2) is 34.9 Å². The van der Waals surface area contributed by atoms with Crippen molar-refractivity contribution in [3.05, 3.63) is 40.9 Å². The summed E-state index contributed by atoms with van der Waals surface area (Å²) in [7, 11) is 0. The van der Waals surface area contributed by atoms with Gasteiger partial charge >= 0.3 is 6.09 Å². The van der Waals surface area contributed by atoms with Gasteiger partial charge in [-0.1, -0.05) is 6.07 Å². The first-order valence-electron chi connectivity index (χ1n) is 6.26. The number of nitrogens with zero attached hydrogens (tertiary/aromatic N) is 2. The number of hydrogen-bond donors (Lipinski definition) is 1. The first-order valence-corrected chi connectivity index (χ1v) is 7.05. The summed E-state index contributed by atoms with van der Waals surface area (Å²) in [5.41, 5.74) is 0.583. The predicted molar refractivity (Wildman–Crippen MR) is 81.1 cm³/mol. The Balaban J connectivity index is 2.16. The molecule has 21 heavy (non-hydrogen) atoms. The van der Waals surface area contributed by atoms with Gasteiger partial charge in [-0.3, -0.25) is 5.32 Å². The van der Waals surface area contributed by atoms with Crippen LogP contribution in [-0.2, 0) is 4.74 Å². The monoisotopic (exact) mass is 355 g/mol. The first kappa shape index (κ1) is 15.5. The highest BCUT2D eigenvalue weighted by Gasteiger charge is 2.16. The Morgan fingerprint density at radius 3 is 2.71 bits per heavy atom. The van der Waals surface area contributed by atoms with Gasteiger partial charge in [-0.15, -0.1) is 5.10 Å². The lowest BCUT2D eigenvalue weighted by molar-refractivity contribution is 0.0636. The van der Waals surface area contributed by atoms with Gasteiger partial charge in [-0.2, -0.15) is 4.39 Å². The van der Waals surface area contributed by atoms with Crippen LogP contribution in [0.5, 0.6) is 0 Å². The van der Waals surface area contributed by atoms with Crippen molar-refractivity contribution in [3.8, 4) is 5.69 Å². The molecule has 2 aromatic rings. The number of carbonyl (C=O) groups excluding carboxylic acids is 1. The van der Waals surface area contributed by atoms with Gasteiger partial charge in [0.25, 0.3) is 0 Å². The van der Waals surface area contributed by atoms with E-state index < -0.39 is 17.6 Å². The Kier molecular flexibility index (Phi) is 4.32. The van der Waals surface area contributed by atoms with Gasteiger partial charge in [-0.05, 0) is 54.9 Å². The Labute approximate surface area is 130 Å². The van der Waals surface area contributed by atoms with E-state index in [4.69, 9.17) is 4.74 Å². The summed E-state index contributed by atoms with van der Waals surface area (Å²) in [4.78, 5) is 11.7. The van der Waals surface area contributed by atoms with Crippen LogP contribution in [0.4, 0.5) is 14.9 Å². The summed E-state index contributed by atoms with van der Waals surface area (Å²) in [6.45, 7) is 5.35. The molecule has 0 radical (unpaired) electrons. The third-order valence-corrected chi connectivity index (χ3v) is 2.92. The van der Waals surface area contributed by atoms with Crippen molar-refractivity contribution in [2.24, 2.45) is 0 Å². The molecule has 1 amide bonds. The molecular weight excluding hydrogens is 341 g/mol. The normalized spacial score (nSPS) is 11.3. The van der Waals surface area contributed by atoms with Gasteiger partial charge in [0.2, 0.25) is 5.95 Å². The van der Waals surface area contributed by atoms with E-state index in [-0.39, 0.29) is 4.47 Å². The third kappa shape index (κ3) is 4.29. The fourth-order valence-electron chi connectivity index (χ4n) is 1.61. The smallest absolute Gasteiger partial charge is 0.412 e. The largest absolute Gasteiger partial charge is 0.444 e. The van der Waals surface area contributed by atoms with Crippen LogP contribution in [0.1, 0.15) is 20.8 Å². The number of nitrogens with one attached hydrogen (secondary N) is 1. The molecule has 0 saturated heterocycles. The van der Waals surface area contributed by atoms with Crippen LogP contribution >= 0.6 is 15.9 Å². The number of ether oxygens (including phenoxy) is 1. The minimum Gasteiger partial charge on any atom is -0.444 e. The van der Waals surface area contributed by atoms with E-state index in [0.29, 0.717) is 11.4 Å². The zero-order valence-corrected chi connectivity index (χ0v) is 13.4. The van der Waals surface area contributed by atoms with Crippen LogP contribution in [0.2, 0.25) is 0 Å². The molecule has 0 unspecified atom stereocenters. The molecule has 0 spiro atoms. The topological polar surface area (TPSA) is 56.1 Å². The molecule has 0 aliphatic rings. The molecule has 112 valence electrons. The summed E-state index contributed by atoms with van der Waals surface area (Å²) >= 11 is 3.06. The second kappa shape index (κ2) is 5.85. The second-order valence-electron chi connectivity index (χ2n) is 5.39. The highest BCUT2D eigenvalue weighted by molar-refractivity contribution is 9.10. The molecule has 1 heterocycles. The number of hydrogen-bond acceptors (Lipinski definition) is 3. The zero-order chi connectivity index (χ0) is 15.6. The maximum Gasteiger partial charge on any atom is 0.412 e. The van der Waals surface area contributed by atoms with Crippen molar-refractivity contribution in [3.63, 3.8) is 0 Å². The lowest BCUT2D eigenvalue weighted by atomic mass is 10.2. The summed E-state index contributed by atoms with van der Waals surface area (Å²) in [6.07, 6.45) is 0.953. The van der Waals surface area contributed by atoms with E-state index in [1.54, 1.807) is 45.0 Å². The van der Waals surface area contributed by atoms with Crippen LogP contribution in [0.3, 0.4) is 0 Å². The fourth-order valence-corrected chi connectivity index (χ4v) is 1.88. The minimum atomic E-state index is -0.597. The number of aromatic nitrogens is 2. The Bertz CT molecular complexity index is 645. The molecule has 0 atom stereocenters. The summed E-state index contributed by atoms with van der Waals surface area (Å²) in [6, 6.07) is 6.86. The third-order valence-electron chi connectivity index (χ3n) is 2.38. The van der Waals surface area contributed by atoms with Gasteiger partial charge in [0.15, 0.2) is 0 Å². The van der Waals surface area contributed by atoms with Crippen LogP contribution in [0, 0.1) is 5.95 Å². The van der Waals surface area contributed by atoms with Gasteiger partial charge < -0.3 is 4.74 Å². The molecule has 0 saturated carbocycles. The number of benzene rings is 1. The number of anilines is 1. The molecule has 0 aliphatic heterocycles. The molecule has 1 N–H and O–H groups in total. The maximum absolute atomic E-state index is 13.3. The van der Waals surface area contributed by atoms with Crippen molar-refractivity contribution in [2.75, 3.05) is 5.32 Å². The van der Waals surface area contributed by atoms with E-state index in [1.165, 1.54) is 10.9 Å². The van der Waals surface area contributed by atoms with Crippen molar-refractivity contribution >= 4 is 27.7 Å². The quantitative estimate of drug-likeness (QED) is 0.881. The van der Waals surface area contributed by atoms with Crippen LogP contribution in [-0.4, -0.2) is 21.5 Å². The van der Waals surface area contributed by atoms with E-state index in [9.17, 15) is 9.18 Å². The van der Waals surface area contributed by atoms with Crippen molar-refractivity contribution in [1.82, 2.24) is 9.78 Å². The van der Waals surface area contributed by atoms with Gasteiger partial charge in [0.05, 0.1) is 10.2 Å². The lowest BCUT2D eigenvalue weighted by Crippen LogP contribution is -2.27. The molecule has 1 aromatic carbocycles. The van der Waals surface area contributed by atoms with Gasteiger partial charge in [0.1, 0.15) is 5.60 Å². The number of rotatable bonds is 2. The molecular formula is C14H15BrFN3O2. The Morgan fingerprint density at radius 1 is 1.43 bits per heavy atom. The van der Waals surface area contributed by atoms with E-state index in [0.717, 1.165) is 0 Å². The van der Waals surface area contributed by atoms with Gasteiger partial charge in [-0.25, -0.2) is 9.48 Å². The Hall–Kier alpha value is -1.89. The second-order valence-corrected chi connectivity index (χ2v) is 6.24. The summed E-state index contributed by atoms with van der Waals surface area (Å²) in [5, 5.41) is 6.34. The molecule has 0 fully saturated rings. The zero-order valence-electron chi connectivity index (χ0n) is 11.9. The number of amides is 1. The number of halogens is 2. The average molecular weight is 356 g/mol. The standard InChI is InChI=1S/C14H15BrFN3O2/c1-14(2,3)21-13(20)17-9-5-4-6-10(7-9)19-8-11(15)12(16)18-19/h4-8H,1-3H3,(H,17,20). The lowest BCUT2D eigenvalue weighted by Gasteiger charge is -2.19. The number of carbonyl (C=O) groups is 1. The van der Waals surface area contributed by atoms with Crippen molar-refractivity contribution < 1.29 is 13.9 Å². The van der Waals surface area contributed by atoms with E-state index in [2.05, 4.69) is 26.3 Å². The van der Waals surface area contributed by atoms with Crippen LogP contribution < -0.4 is 5.32 Å². The molecule has 7 heteroatoms. The highest BCUT2D eigenvalue weighted by atomic mass is 79.9. The molecule has 0 aliphatic carbocycles. The molecule has 5 nitrogen and oxygen atoms in total. The molecule has 1 aromatic heterocycles. The molecule has 0 bridgehead atoms. The van der Waals surface area contributed by atoms with Crippen molar-refractivity contribution in [2.45, 2.75) is 26.4 Å². The molecule has 2 rings (SSSR count). The summed E-state index contributed by atoms with van der Waals surface area (Å²) < 4.78 is 20.1. The predicted octanol–water partition coefficient (Wildman–Crippen LogP) is 4.12. The first-order chi connectivity index (χ1) is 9.74. The fraction of sp³-hybridized carbons (Fsp3) is 0.286. The SMILES string of the molecule is CC(C)(C)OC(=O)Nc1cccc(-n2cc(Br)c(F)n2)c1. The van der Waals surface area contributed by atoms with Crippen molar-refractivity contribution in [1.29, 1.82) is 0 Å². The highest BCUT2D eigenvalue weighted by Crippen LogP contribution is 2.19. The summed E-state index contributed by atoms with van der Waals surface area (Å²) in [5.74, 6) is -0.597. The van der Waals surface area contributed by atoms with E-state index in [1.807, 2.05) is 0 Å². The van der Waals surface area contributed by atoms with Gasteiger partial charge in [0, 0.05) is 11.9 Å². The van der Waals surface area contributed by atoms with Crippen LogP contribution in [0.25, 0.3) is 5.69 Å². The minimum absolute atomic E-state index is 0.271.